The largest absolute Gasteiger partial charge is 0.310 e. The Morgan fingerprint density at radius 3 is 3.06 bits per heavy atom. The van der Waals surface area contributed by atoms with Gasteiger partial charge in [0.25, 0.3) is 0 Å². The zero-order valence-electron chi connectivity index (χ0n) is 8.31. The molecule has 2 rings (SSSR count). The number of hydrogen-bond acceptors (Lipinski definition) is 3. The van der Waals surface area contributed by atoms with E-state index in [0.717, 1.165) is 9.35 Å². The first-order chi connectivity index (χ1) is 7.74. The van der Waals surface area contributed by atoms with Crippen molar-refractivity contribution in [1.82, 2.24) is 4.98 Å². The van der Waals surface area contributed by atoms with Crippen molar-refractivity contribution in [3.05, 3.63) is 45.2 Å². The van der Waals surface area contributed by atoms with E-state index in [1.165, 1.54) is 0 Å². The molecule has 0 aromatic carbocycles. The van der Waals surface area contributed by atoms with Crippen LogP contribution < -0.4 is 5.32 Å². The summed E-state index contributed by atoms with van der Waals surface area (Å²) in [5.74, 6) is 0.518. The van der Waals surface area contributed by atoms with E-state index in [4.69, 9.17) is 0 Å². The Morgan fingerprint density at radius 2 is 2.38 bits per heavy atom. The third-order valence-corrected chi connectivity index (χ3v) is 3.27. The lowest BCUT2D eigenvalue weighted by molar-refractivity contribution is -0.115. The summed E-state index contributed by atoms with van der Waals surface area (Å²) in [6.45, 7) is 0. The Kier molecular flexibility index (Phi) is 3.69. The summed E-state index contributed by atoms with van der Waals surface area (Å²) in [6, 6.07) is 7.46. The molecule has 82 valence electrons. The predicted octanol–water partition coefficient (Wildman–Crippen LogP) is 3.09. The molecule has 0 unspecified atom stereocenters. The summed E-state index contributed by atoms with van der Waals surface area (Å²) < 4.78 is 0.897. The monoisotopic (exact) mass is 296 g/mol. The van der Waals surface area contributed by atoms with Crippen molar-refractivity contribution in [3.63, 3.8) is 0 Å². The normalized spacial score (nSPS) is 10.1. The lowest BCUT2D eigenvalue weighted by Crippen LogP contribution is -2.14. The summed E-state index contributed by atoms with van der Waals surface area (Å²) in [6.07, 6.45) is 2.04. The highest BCUT2D eigenvalue weighted by Gasteiger charge is 2.05. The third kappa shape index (κ3) is 3.15. The van der Waals surface area contributed by atoms with E-state index in [1.807, 2.05) is 23.6 Å². The number of pyridine rings is 1. The molecule has 5 heteroatoms. The fourth-order valence-corrected chi connectivity index (χ4v) is 2.27. The first kappa shape index (κ1) is 11.3. The maximum atomic E-state index is 11.6. The minimum Gasteiger partial charge on any atom is -0.310 e. The number of carbonyl (C=O) groups is 1. The second-order valence-electron chi connectivity index (χ2n) is 3.16. The standard InChI is InChI=1S/C11H9BrN2OS/c12-8-3-4-13-10(6-8)14-11(15)7-9-2-1-5-16-9/h1-6H,7H2,(H,13,14,15). The second kappa shape index (κ2) is 5.23. The summed E-state index contributed by atoms with van der Waals surface area (Å²) in [5.41, 5.74) is 0. The molecule has 0 radical (unpaired) electrons. The fourth-order valence-electron chi connectivity index (χ4n) is 1.23. The van der Waals surface area contributed by atoms with Gasteiger partial charge in [-0.15, -0.1) is 11.3 Å². The third-order valence-electron chi connectivity index (χ3n) is 1.90. The number of carbonyl (C=O) groups excluding carboxylic acids is 1. The number of nitrogens with zero attached hydrogens (tertiary/aromatic N) is 1. The molecule has 0 spiro atoms. The number of aromatic nitrogens is 1. The van der Waals surface area contributed by atoms with Crippen molar-refractivity contribution in [2.75, 3.05) is 5.32 Å². The molecule has 0 bridgehead atoms. The maximum absolute atomic E-state index is 11.6. The Hall–Kier alpha value is -1.20. The van der Waals surface area contributed by atoms with Crippen LogP contribution in [0.5, 0.6) is 0 Å². The molecule has 0 aliphatic carbocycles. The van der Waals surface area contributed by atoms with Gasteiger partial charge in [0.15, 0.2) is 0 Å². The first-order valence-electron chi connectivity index (χ1n) is 4.68. The van der Waals surface area contributed by atoms with Crippen molar-refractivity contribution in [2.24, 2.45) is 0 Å². The zero-order chi connectivity index (χ0) is 11.4. The van der Waals surface area contributed by atoms with E-state index >= 15 is 0 Å². The average molecular weight is 297 g/mol. The maximum Gasteiger partial charge on any atom is 0.230 e. The second-order valence-corrected chi connectivity index (χ2v) is 5.11. The molecule has 0 saturated carbocycles. The van der Waals surface area contributed by atoms with E-state index in [2.05, 4.69) is 26.2 Å². The van der Waals surface area contributed by atoms with Crippen LogP contribution in [-0.2, 0) is 11.2 Å². The van der Waals surface area contributed by atoms with Crippen LogP contribution in [0, 0.1) is 0 Å². The molecular formula is C11H9BrN2OS. The molecule has 3 nitrogen and oxygen atoms in total. The van der Waals surface area contributed by atoms with Crippen LogP contribution in [0.2, 0.25) is 0 Å². The number of anilines is 1. The van der Waals surface area contributed by atoms with Crippen LogP contribution in [0.4, 0.5) is 5.82 Å². The summed E-state index contributed by atoms with van der Waals surface area (Å²) in [4.78, 5) is 16.7. The zero-order valence-corrected chi connectivity index (χ0v) is 10.7. The topological polar surface area (TPSA) is 42.0 Å². The van der Waals surface area contributed by atoms with Gasteiger partial charge in [0.2, 0.25) is 5.91 Å². The molecule has 0 aliphatic rings. The molecule has 1 N–H and O–H groups in total. The number of halogens is 1. The predicted molar refractivity (Wildman–Crippen MR) is 68.6 cm³/mol. The minimum absolute atomic E-state index is 0.0481. The van der Waals surface area contributed by atoms with Gasteiger partial charge in [-0.2, -0.15) is 0 Å². The van der Waals surface area contributed by atoms with Crippen molar-refractivity contribution in [3.8, 4) is 0 Å². The van der Waals surface area contributed by atoms with Crippen molar-refractivity contribution in [1.29, 1.82) is 0 Å². The summed E-state index contributed by atoms with van der Waals surface area (Å²) in [5, 5.41) is 4.71. The summed E-state index contributed by atoms with van der Waals surface area (Å²) >= 11 is 4.90. The molecule has 0 fully saturated rings. The van der Waals surface area contributed by atoms with E-state index in [1.54, 1.807) is 23.6 Å². The Bertz CT molecular complexity index is 484. The number of amides is 1. The van der Waals surface area contributed by atoms with Crippen LogP contribution in [-0.4, -0.2) is 10.9 Å². The molecular weight excluding hydrogens is 288 g/mol. The number of thiophene rings is 1. The molecule has 2 heterocycles. The van der Waals surface area contributed by atoms with Gasteiger partial charge in [0.1, 0.15) is 5.82 Å². The van der Waals surface area contributed by atoms with Crippen LogP contribution in [0.15, 0.2) is 40.3 Å². The van der Waals surface area contributed by atoms with E-state index in [-0.39, 0.29) is 5.91 Å². The molecule has 0 aliphatic heterocycles. The van der Waals surface area contributed by atoms with Crippen LogP contribution in [0.1, 0.15) is 4.88 Å². The average Bonchev–Trinajstić information content (AvgIpc) is 2.70. The van der Waals surface area contributed by atoms with Gasteiger partial charge < -0.3 is 5.32 Å². The Labute approximate surface area is 106 Å². The quantitative estimate of drug-likeness (QED) is 0.946. The van der Waals surface area contributed by atoms with Crippen LogP contribution in [0.3, 0.4) is 0 Å². The molecule has 0 saturated heterocycles. The van der Waals surface area contributed by atoms with Gasteiger partial charge in [0.05, 0.1) is 6.42 Å². The van der Waals surface area contributed by atoms with Gasteiger partial charge in [-0.05, 0) is 23.6 Å². The summed E-state index contributed by atoms with van der Waals surface area (Å²) in [7, 11) is 0. The van der Waals surface area contributed by atoms with Crippen molar-refractivity contribution >= 4 is 39.0 Å². The highest BCUT2D eigenvalue weighted by atomic mass is 79.9. The molecule has 1 amide bonds. The van der Waals surface area contributed by atoms with E-state index in [9.17, 15) is 4.79 Å². The van der Waals surface area contributed by atoms with Gasteiger partial charge >= 0.3 is 0 Å². The first-order valence-corrected chi connectivity index (χ1v) is 6.35. The molecule has 16 heavy (non-hydrogen) atoms. The lowest BCUT2D eigenvalue weighted by atomic mass is 10.3. The number of hydrogen-bond donors (Lipinski definition) is 1. The molecule has 2 aromatic heterocycles. The van der Waals surface area contributed by atoms with Crippen molar-refractivity contribution in [2.45, 2.75) is 6.42 Å². The van der Waals surface area contributed by atoms with Crippen LogP contribution in [0.25, 0.3) is 0 Å². The highest BCUT2D eigenvalue weighted by molar-refractivity contribution is 9.10. The minimum atomic E-state index is -0.0481. The molecule has 0 atom stereocenters. The Balaban J connectivity index is 1.97. The van der Waals surface area contributed by atoms with Gasteiger partial charge in [-0.25, -0.2) is 4.98 Å². The number of nitrogens with one attached hydrogen (secondary N) is 1. The van der Waals surface area contributed by atoms with E-state index < -0.39 is 0 Å². The number of rotatable bonds is 3. The smallest absolute Gasteiger partial charge is 0.230 e. The highest BCUT2D eigenvalue weighted by Crippen LogP contribution is 2.14. The van der Waals surface area contributed by atoms with Crippen molar-refractivity contribution < 1.29 is 4.79 Å². The van der Waals surface area contributed by atoms with Crippen LogP contribution >= 0.6 is 27.3 Å². The van der Waals surface area contributed by atoms with E-state index in [0.29, 0.717) is 12.2 Å². The van der Waals surface area contributed by atoms with Gasteiger partial charge in [0, 0.05) is 15.5 Å². The fraction of sp³-hybridized carbons (Fsp3) is 0.0909. The molecule has 2 aromatic rings. The van der Waals surface area contributed by atoms with Gasteiger partial charge in [-0.3, -0.25) is 4.79 Å². The Morgan fingerprint density at radius 1 is 1.50 bits per heavy atom. The SMILES string of the molecule is O=C(Cc1cccs1)Nc1cc(Br)ccn1. The van der Waals surface area contributed by atoms with Gasteiger partial charge in [-0.1, -0.05) is 22.0 Å². The lowest BCUT2D eigenvalue weighted by Gasteiger charge is -2.03.